The predicted octanol–water partition coefficient (Wildman–Crippen LogP) is 5.45. The van der Waals surface area contributed by atoms with Crippen molar-refractivity contribution in [3.8, 4) is 0 Å². The molecule has 1 heterocycles. The number of carbonyl (C=O) groups excluding carboxylic acids is 1. The van der Waals surface area contributed by atoms with Crippen molar-refractivity contribution in [3.05, 3.63) is 101 Å². The van der Waals surface area contributed by atoms with Crippen LogP contribution in [0.15, 0.2) is 78.9 Å². The summed E-state index contributed by atoms with van der Waals surface area (Å²) in [5.41, 5.74) is 3.52. The molecule has 4 rings (SSSR count). The maximum absolute atomic E-state index is 13.9. The summed E-state index contributed by atoms with van der Waals surface area (Å²) >= 11 is 5.87. The normalized spacial score (nSPS) is 14.6. The highest BCUT2D eigenvalue weighted by Gasteiger charge is 2.18. The van der Waals surface area contributed by atoms with E-state index in [0.29, 0.717) is 11.6 Å². The van der Waals surface area contributed by atoms with Crippen molar-refractivity contribution in [2.45, 2.75) is 6.54 Å². The van der Waals surface area contributed by atoms with Gasteiger partial charge >= 0.3 is 0 Å². The zero-order valence-corrected chi connectivity index (χ0v) is 18.4. The van der Waals surface area contributed by atoms with Gasteiger partial charge in [0.05, 0.1) is 0 Å². The summed E-state index contributed by atoms with van der Waals surface area (Å²) < 4.78 is 13.9. The first kappa shape index (κ1) is 22.1. The van der Waals surface area contributed by atoms with Crippen LogP contribution in [0.25, 0.3) is 6.08 Å². The van der Waals surface area contributed by atoms with Crippen LogP contribution in [0.3, 0.4) is 0 Å². The van der Waals surface area contributed by atoms with Gasteiger partial charge in [-0.2, -0.15) is 0 Å². The molecule has 1 aliphatic heterocycles. The number of rotatable bonds is 6. The maximum Gasteiger partial charge on any atom is 0.248 e. The van der Waals surface area contributed by atoms with E-state index in [0.717, 1.165) is 48.7 Å². The molecule has 0 spiro atoms. The molecule has 0 unspecified atom stereocenters. The number of nitrogens with one attached hydrogen (secondary N) is 1. The Morgan fingerprint density at radius 3 is 2.31 bits per heavy atom. The lowest BCUT2D eigenvalue weighted by Gasteiger charge is -2.36. The van der Waals surface area contributed by atoms with Crippen LogP contribution < -0.4 is 10.2 Å². The number of hydrogen-bond donors (Lipinski definition) is 1. The Bertz CT molecular complexity index is 1070. The zero-order chi connectivity index (χ0) is 22.3. The first-order chi connectivity index (χ1) is 15.6. The van der Waals surface area contributed by atoms with E-state index < -0.39 is 0 Å². The smallest absolute Gasteiger partial charge is 0.248 e. The summed E-state index contributed by atoms with van der Waals surface area (Å²) in [5, 5.41) is 3.54. The molecule has 6 heteroatoms. The van der Waals surface area contributed by atoms with Crippen LogP contribution in [0.4, 0.5) is 15.8 Å². The van der Waals surface area contributed by atoms with Crippen molar-refractivity contribution < 1.29 is 9.18 Å². The summed E-state index contributed by atoms with van der Waals surface area (Å²) in [4.78, 5) is 16.8. The third kappa shape index (κ3) is 5.96. The van der Waals surface area contributed by atoms with Crippen molar-refractivity contribution in [1.82, 2.24) is 4.90 Å². The Labute approximate surface area is 192 Å². The molecule has 4 nitrogen and oxygen atoms in total. The highest BCUT2D eigenvalue weighted by atomic mass is 35.5. The van der Waals surface area contributed by atoms with Crippen molar-refractivity contribution >= 4 is 35.0 Å². The topological polar surface area (TPSA) is 35.6 Å². The predicted molar refractivity (Wildman–Crippen MR) is 129 cm³/mol. The summed E-state index contributed by atoms with van der Waals surface area (Å²) in [6, 6.07) is 22.1. The number of hydrogen-bond acceptors (Lipinski definition) is 3. The fourth-order valence-corrected chi connectivity index (χ4v) is 3.84. The van der Waals surface area contributed by atoms with Crippen LogP contribution in [0, 0.1) is 5.82 Å². The minimum atomic E-state index is -0.186. The van der Waals surface area contributed by atoms with E-state index in [-0.39, 0.29) is 11.7 Å². The second-order valence-corrected chi connectivity index (χ2v) is 8.21. The number of piperazine rings is 1. The molecule has 0 radical (unpaired) electrons. The highest BCUT2D eigenvalue weighted by molar-refractivity contribution is 6.30. The Balaban J connectivity index is 1.27. The van der Waals surface area contributed by atoms with Gasteiger partial charge in [0.1, 0.15) is 5.82 Å². The van der Waals surface area contributed by atoms with Gasteiger partial charge < -0.3 is 10.2 Å². The molecule has 1 aliphatic rings. The molecule has 1 saturated heterocycles. The molecule has 0 atom stereocenters. The molecule has 32 heavy (non-hydrogen) atoms. The second kappa shape index (κ2) is 10.4. The third-order valence-corrected chi connectivity index (χ3v) is 5.77. The lowest BCUT2D eigenvalue weighted by atomic mass is 10.1. The lowest BCUT2D eigenvalue weighted by Crippen LogP contribution is -2.46. The van der Waals surface area contributed by atoms with Crippen LogP contribution in [0.1, 0.15) is 11.1 Å². The Hall–Kier alpha value is -3.15. The van der Waals surface area contributed by atoms with E-state index >= 15 is 0 Å². The molecule has 3 aromatic rings. The average Bonchev–Trinajstić information content (AvgIpc) is 2.81. The van der Waals surface area contributed by atoms with Gasteiger partial charge in [0.25, 0.3) is 0 Å². The van der Waals surface area contributed by atoms with E-state index in [1.165, 1.54) is 12.1 Å². The van der Waals surface area contributed by atoms with Crippen LogP contribution in [0.2, 0.25) is 5.02 Å². The van der Waals surface area contributed by atoms with Gasteiger partial charge in [-0.1, -0.05) is 41.9 Å². The molecule has 1 N–H and O–H groups in total. The van der Waals surface area contributed by atoms with E-state index in [2.05, 4.69) is 15.1 Å². The fourth-order valence-electron chi connectivity index (χ4n) is 3.72. The molecule has 164 valence electrons. The van der Waals surface area contributed by atoms with Gasteiger partial charge in [0, 0.05) is 60.8 Å². The number of amides is 1. The Morgan fingerprint density at radius 1 is 0.938 bits per heavy atom. The lowest BCUT2D eigenvalue weighted by molar-refractivity contribution is -0.111. The van der Waals surface area contributed by atoms with Gasteiger partial charge in [0.15, 0.2) is 0 Å². The quantitative estimate of drug-likeness (QED) is 0.508. The van der Waals surface area contributed by atoms with Crippen molar-refractivity contribution in [2.75, 3.05) is 36.4 Å². The number of carbonyl (C=O) groups is 1. The summed E-state index contributed by atoms with van der Waals surface area (Å²) in [5.74, 6) is -0.329. The molecular weight excluding hydrogens is 425 g/mol. The van der Waals surface area contributed by atoms with Crippen LogP contribution in [0.5, 0.6) is 0 Å². The molecule has 0 saturated carbocycles. The van der Waals surface area contributed by atoms with Crippen LogP contribution in [-0.2, 0) is 11.3 Å². The molecule has 1 fully saturated rings. The monoisotopic (exact) mass is 449 g/mol. The SMILES string of the molecule is O=C(C=Cc1ccc(Cl)cc1)Nc1ccc(N2CCN(Cc3ccccc3F)CC2)cc1. The highest BCUT2D eigenvalue weighted by Crippen LogP contribution is 2.21. The zero-order valence-electron chi connectivity index (χ0n) is 17.7. The summed E-state index contributed by atoms with van der Waals surface area (Å²) in [6.07, 6.45) is 3.26. The van der Waals surface area contributed by atoms with Crippen molar-refractivity contribution in [3.63, 3.8) is 0 Å². The van der Waals surface area contributed by atoms with Gasteiger partial charge in [-0.25, -0.2) is 4.39 Å². The Morgan fingerprint density at radius 2 is 1.62 bits per heavy atom. The maximum atomic E-state index is 13.9. The number of nitrogens with zero attached hydrogens (tertiary/aromatic N) is 2. The van der Waals surface area contributed by atoms with Crippen molar-refractivity contribution in [2.24, 2.45) is 0 Å². The summed E-state index contributed by atoms with van der Waals surface area (Å²) in [6.45, 7) is 4.15. The molecular formula is C26H25ClFN3O. The summed E-state index contributed by atoms with van der Waals surface area (Å²) in [7, 11) is 0. The van der Waals surface area contributed by atoms with E-state index in [9.17, 15) is 9.18 Å². The minimum Gasteiger partial charge on any atom is -0.369 e. The van der Waals surface area contributed by atoms with Gasteiger partial charge in [-0.05, 0) is 54.1 Å². The second-order valence-electron chi connectivity index (χ2n) is 7.78. The molecule has 1 amide bonds. The van der Waals surface area contributed by atoms with Gasteiger partial charge in [-0.3, -0.25) is 9.69 Å². The molecule has 3 aromatic carbocycles. The van der Waals surface area contributed by atoms with Gasteiger partial charge in [0.2, 0.25) is 5.91 Å². The molecule has 0 aliphatic carbocycles. The standard InChI is InChI=1S/C26H25ClFN3O/c27-22-8-5-20(6-9-22)7-14-26(32)29-23-10-12-24(13-11-23)31-17-15-30(16-18-31)19-21-3-1-2-4-25(21)28/h1-14H,15-19H2,(H,29,32). The van der Waals surface area contributed by atoms with E-state index in [1.807, 2.05) is 48.5 Å². The Kier molecular flexibility index (Phi) is 7.20. The minimum absolute atomic E-state index is 0.143. The third-order valence-electron chi connectivity index (χ3n) is 5.52. The fraction of sp³-hybridized carbons (Fsp3) is 0.192. The number of benzene rings is 3. The van der Waals surface area contributed by atoms with E-state index in [1.54, 1.807) is 24.3 Å². The molecule has 0 bridgehead atoms. The molecule has 0 aromatic heterocycles. The van der Waals surface area contributed by atoms with Crippen LogP contribution in [-0.4, -0.2) is 37.0 Å². The van der Waals surface area contributed by atoms with Crippen LogP contribution >= 0.6 is 11.6 Å². The first-order valence-corrected chi connectivity index (χ1v) is 11.0. The largest absolute Gasteiger partial charge is 0.369 e. The average molecular weight is 450 g/mol. The van der Waals surface area contributed by atoms with E-state index in [4.69, 9.17) is 11.6 Å². The number of anilines is 2. The van der Waals surface area contributed by atoms with Crippen molar-refractivity contribution in [1.29, 1.82) is 0 Å². The van der Waals surface area contributed by atoms with Gasteiger partial charge in [-0.15, -0.1) is 0 Å². The first-order valence-electron chi connectivity index (χ1n) is 10.6. The number of halogens is 2.